The summed E-state index contributed by atoms with van der Waals surface area (Å²) in [6.07, 6.45) is 3.19. The first-order chi connectivity index (χ1) is 12.6. The van der Waals surface area contributed by atoms with E-state index in [-0.39, 0.29) is 19.0 Å². The molecular formula is C20H20FNO4. The zero-order chi connectivity index (χ0) is 18.8. The van der Waals surface area contributed by atoms with E-state index in [1.165, 1.54) is 12.1 Å². The minimum absolute atomic E-state index is 0.263. The molecule has 1 amide bonds. The molecule has 0 spiro atoms. The van der Waals surface area contributed by atoms with Crippen LogP contribution in [0.1, 0.15) is 11.1 Å². The quantitative estimate of drug-likeness (QED) is 0.583. The van der Waals surface area contributed by atoms with Gasteiger partial charge < -0.3 is 14.8 Å². The monoisotopic (exact) mass is 357 g/mol. The van der Waals surface area contributed by atoms with Crippen molar-refractivity contribution in [1.82, 2.24) is 5.32 Å². The average molecular weight is 357 g/mol. The molecule has 5 nitrogen and oxygen atoms in total. The fourth-order valence-corrected chi connectivity index (χ4v) is 2.15. The molecule has 0 bridgehead atoms. The number of amides is 1. The van der Waals surface area contributed by atoms with Gasteiger partial charge in [-0.2, -0.15) is 0 Å². The standard InChI is InChI=1S/C20H20FNO4/c1-25-17-9-6-15(7-10-17)8-11-20(24)26-14-19(23)22-13-12-16-4-2-3-5-18(16)21/h2-11H,12-14H2,1H3,(H,22,23)/b11-8+. The summed E-state index contributed by atoms with van der Waals surface area (Å²) < 4.78 is 23.3. The Morgan fingerprint density at radius 3 is 2.54 bits per heavy atom. The molecule has 0 radical (unpaired) electrons. The van der Waals surface area contributed by atoms with Crippen LogP contribution in [0.3, 0.4) is 0 Å². The number of hydrogen-bond donors (Lipinski definition) is 1. The van der Waals surface area contributed by atoms with Crippen molar-refractivity contribution in [3.8, 4) is 5.75 Å². The van der Waals surface area contributed by atoms with E-state index in [9.17, 15) is 14.0 Å². The lowest BCUT2D eigenvalue weighted by atomic mass is 10.1. The van der Waals surface area contributed by atoms with Gasteiger partial charge in [0, 0.05) is 12.6 Å². The predicted octanol–water partition coefficient (Wildman–Crippen LogP) is 2.75. The van der Waals surface area contributed by atoms with Gasteiger partial charge in [-0.1, -0.05) is 30.3 Å². The van der Waals surface area contributed by atoms with E-state index >= 15 is 0 Å². The third-order valence-electron chi connectivity index (χ3n) is 3.55. The summed E-state index contributed by atoms with van der Waals surface area (Å²) >= 11 is 0. The summed E-state index contributed by atoms with van der Waals surface area (Å²) in [6.45, 7) is -0.123. The second-order valence-corrected chi connectivity index (χ2v) is 5.41. The first-order valence-electron chi connectivity index (χ1n) is 8.07. The summed E-state index contributed by atoms with van der Waals surface area (Å²) in [7, 11) is 1.57. The molecular weight excluding hydrogens is 337 g/mol. The van der Waals surface area contributed by atoms with E-state index in [2.05, 4.69) is 5.32 Å². The Morgan fingerprint density at radius 2 is 1.85 bits per heavy atom. The maximum Gasteiger partial charge on any atom is 0.331 e. The zero-order valence-electron chi connectivity index (χ0n) is 14.4. The molecule has 0 aliphatic rings. The number of esters is 1. The predicted molar refractivity (Wildman–Crippen MR) is 96.1 cm³/mol. The Hall–Kier alpha value is -3.15. The summed E-state index contributed by atoms with van der Waals surface area (Å²) in [6, 6.07) is 13.5. The summed E-state index contributed by atoms with van der Waals surface area (Å²) in [5.41, 5.74) is 1.32. The van der Waals surface area contributed by atoms with E-state index in [1.54, 1.807) is 55.7 Å². The molecule has 2 aromatic carbocycles. The van der Waals surface area contributed by atoms with Crippen molar-refractivity contribution in [2.45, 2.75) is 6.42 Å². The molecule has 0 aromatic heterocycles. The number of hydrogen-bond acceptors (Lipinski definition) is 4. The average Bonchev–Trinajstić information content (AvgIpc) is 2.66. The van der Waals surface area contributed by atoms with Crippen molar-refractivity contribution in [1.29, 1.82) is 0 Å². The minimum Gasteiger partial charge on any atom is -0.497 e. The van der Waals surface area contributed by atoms with Gasteiger partial charge in [0.2, 0.25) is 0 Å². The number of carbonyl (C=O) groups excluding carboxylic acids is 2. The van der Waals surface area contributed by atoms with Gasteiger partial charge in [-0.05, 0) is 41.8 Å². The Balaban J connectivity index is 1.68. The van der Waals surface area contributed by atoms with Gasteiger partial charge in [0.05, 0.1) is 7.11 Å². The second kappa shape index (κ2) is 9.98. The van der Waals surface area contributed by atoms with Crippen LogP contribution in [0, 0.1) is 5.82 Å². The second-order valence-electron chi connectivity index (χ2n) is 5.41. The summed E-state index contributed by atoms with van der Waals surface area (Å²) in [4.78, 5) is 23.3. The van der Waals surface area contributed by atoms with Gasteiger partial charge in [0.15, 0.2) is 6.61 Å². The Kier molecular flexibility index (Phi) is 7.36. The molecule has 136 valence electrons. The number of nitrogens with one attached hydrogen (secondary N) is 1. The maximum absolute atomic E-state index is 13.4. The van der Waals surface area contributed by atoms with E-state index in [4.69, 9.17) is 9.47 Å². The third kappa shape index (κ3) is 6.39. The molecule has 0 unspecified atom stereocenters. The van der Waals surface area contributed by atoms with Gasteiger partial charge in [-0.3, -0.25) is 4.79 Å². The van der Waals surface area contributed by atoms with Crippen LogP contribution in [-0.2, 0) is 20.7 Å². The van der Waals surface area contributed by atoms with Crippen LogP contribution in [0.15, 0.2) is 54.6 Å². The molecule has 2 rings (SSSR count). The first kappa shape index (κ1) is 19.2. The van der Waals surface area contributed by atoms with Gasteiger partial charge in [-0.25, -0.2) is 9.18 Å². The fraction of sp³-hybridized carbons (Fsp3) is 0.200. The van der Waals surface area contributed by atoms with Crippen LogP contribution in [0.5, 0.6) is 5.75 Å². The molecule has 6 heteroatoms. The molecule has 0 aliphatic heterocycles. The lowest BCUT2D eigenvalue weighted by Gasteiger charge is -2.06. The molecule has 1 N–H and O–H groups in total. The Labute approximate surface area is 151 Å². The van der Waals surface area contributed by atoms with Crippen molar-refractivity contribution in [2.75, 3.05) is 20.3 Å². The van der Waals surface area contributed by atoms with Crippen molar-refractivity contribution < 1.29 is 23.5 Å². The number of ether oxygens (including phenoxy) is 2. The lowest BCUT2D eigenvalue weighted by molar-refractivity contribution is -0.143. The number of halogens is 1. The molecule has 0 fully saturated rings. The van der Waals surface area contributed by atoms with Crippen LogP contribution >= 0.6 is 0 Å². The summed E-state index contributed by atoms with van der Waals surface area (Å²) in [5.74, 6) is -0.647. The highest BCUT2D eigenvalue weighted by Gasteiger charge is 2.06. The fourth-order valence-electron chi connectivity index (χ4n) is 2.15. The largest absolute Gasteiger partial charge is 0.497 e. The number of rotatable bonds is 8. The smallest absolute Gasteiger partial charge is 0.331 e. The van der Waals surface area contributed by atoms with E-state index in [0.717, 1.165) is 11.3 Å². The SMILES string of the molecule is COc1ccc(/C=C/C(=O)OCC(=O)NCCc2ccccc2F)cc1. The van der Waals surface area contributed by atoms with Crippen LogP contribution in [0.2, 0.25) is 0 Å². The van der Waals surface area contributed by atoms with Gasteiger partial charge >= 0.3 is 5.97 Å². The van der Waals surface area contributed by atoms with E-state index in [0.29, 0.717) is 12.0 Å². The van der Waals surface area contributed by atoms with Gasteiger partial charge in [0.25, 0.3) is 5.91 Å². The Morgan fingerprint density at radius 1 is 1.12 bits per heavy atom. The van der Waals surface area contributed by atoms with Crippen LogP contribution in [-0.4, -0.2) is 32.1 Å². The zero-order valence-corrected chi connectivity index (χ0v) is 14.4. The van der Waals surface area contributed by atoms with Crippen LogP contribution < -0.4 is 10.1 Å². The van der Waals surface area contributed by atoms with Gasteiger partial charge in [-0.15, -0.1) is 0 Å². The lowest BCUT2D eigenvalue weighted by Crippen LogP contribution is -2.30. The number of carbonyl (C=O) groups is 2. The maximum atomic E-state index is 13.4. The molecule has 0 saturated heterocycles. The third-order valence-corrected chi connectivity index (χ3v) is 3.55. The highest BCUT2D eigenvalue weighted by molar-refractivity contribution is 5.89. The van der Waals surface area contributed by atoms with Crippen LogP contribution in [0.25, 0.3) is 6.08 Å². The number of benzene rings is 2. The van der Waals surface area contributed by atoms with Crippen molar-refractivity contribution in [3.05, 3.63) is 71.6 Å². The van der Waals surface area contributed by atoms with Crippen LogP contribution in [0.4, 0.5) is 4.39 Å². The van der Waals surface area contributed by atoms with Crippen molar-refractivity contribution in [2.24, 2.45) is 0 Å². The highest BCUT2D eigenvalue weighted by Crippen LogP contribution is 2.12. The summed E-state index contributed by atoms with van der Waals surface area (Å²) in [5, 5.41) is 2.58. The molecule has 0 saturated carbocycles. The van der Waals surface area contributed by atoms with Gasteiger partial charge in [0.1, 0.15) is 11.6 Å². The topological polar surface area (TPSA) is 64.6 Å². The molecule has 0 aliphatic carbocycles. The highest BCUT2D eigenvalue weighted by atomic mass is 19.1. The Bertz CT molecular complexity index is 772. The van der Waals surface area contributed by atoms with E-state index in [1.807, 2.05) is 0 Å². The first-order valence-corrected chi connectivity index (χ1v) is 8.07. The number of methoxy groups -OCH3 is 1. The molecule has 0 heterocycles. The molecule has 26 heavy (non-hydrogen) atoms. The van der Waals surface area contributed by atoms with Crippen molar-refractivity contribution >= 4 is 18.0 Å². The van der Waals surface area contributed by atoms with E-state index < -0.39 is 11.9 Å². The van der Waals surface area contributed by atoms with Crippen molar-refractivity contribution in [3.63, 3.8) is 0 Å². The molecule has 2 aromatic rings. The minimum atomic E-state index is -0.620. The molecule has 0 atom stereocenters. The normalized spacial score (nSPS) is 10.5.